The summed E-state index contributed by atoms with van der Waals surface area (Å²) in [6.45, 7) is 2.00. The maximum Gasteiger partial charge on any atom is 0.222 e. The minimum atomic E-state index is -1.00. The van der Waals surface area contributed by atoms with Crippen molar-refractivity contribution in [2.24, 2.45) is 0 Å². The summed E-state index contributed by atoms with van der Waals surface area (Å²) < 4.78 is 0. The van der Waals surface area contributed by atoms with E-state index in [0.29, 0.717) is 17.8 Å². The average molecular weight is 232 g/mol. The lowest BCUT2D eigenvalue weighted by Crippen LogP contribution is -2.30. The summed E-state index contributed by atoms with van der Waals surface area (Å²) in [6, 6.07) is 0. The van der Waals surface area contributed by atoms with Crippen LogP contribution >= 0.6 is 11.6 Å². The summed E-state index contributed by atoms with van der Waals surface area (Å²) in [6.07, 6.45) is -0.470. The van der Waals surface area contributed by atoms with E-state index in [1.165, 1.54) is 6.20 Å². The molecule has 0 saturated carbocycles. The fourth-order valence-corrected chi connectivity index (χ4v) is 1.44. The highest BCUT2D eigenvalue weighted by atomic mass is 35.5. The van der Waals surface area contributed by atoms with Gasteiger partial charge in [-0.1, -0.05) is 0 Å². The van der Waals surface area contributed by atoms with Gasteiger partial charge in [-0.3, -0.25) is 0 Å². The topological polar surface area (TPSA) is 78.3 Å². The number of aliphatic hydroxyl groups is 2. The number of likely N-dealkylation sites (N-methyl/N-ethyl adjacent to an activating group) is 1. The lowest BCUT2D eigenvalue weighted by atomic mass is 10.1. The quantitative estimate of drug-likeness (QED) is 0.639. The molecule has 84 valence electrons. The van der Waals surface area contributed by atoms with Crippen molar-refractivity contribution in [1.82, 2.24) is 15.3 Å². The van der Waals surface area contributed by atoms with E-state index in [2.05, 4.69) is 15.3 Å². The first-order chi connectivity index (χ1) is 7.06. The molecule has 0 aliphatic carbocycles. The van der Waals surface area contributed by atoms with Crippen LogP contribution in [0.1, 0.15) is 17.4 Å². The van der Waals surface area contributed by atoms with Gasteiger partial charge >= 0.3 is 0 Å². The van der Waals surface area contributed by atoms with Crippen molar-refractivity contribution in [1.29, 1.82) is 0 Å². The molecule has 1 aromatic rings. The van der Waals surface area contributed by atoms with Crippen molar-refractivity contribution in [3.05, 3.63) is 22.7 Å². The van der Waals surface area contributed by atoms with Gasteiger partial charge in [0.1, 0.15) is 6.10 Å². The molecule has 3 N–H and O–H groups in total. The van der Waals surface area contributed by atoms with E-state index >= 15 is 0 Å². The Morgan fingerprint density at radius 2 is 2.20 bits per heavy atom. The molecule has 1 rings (SSSR count). The molecule has 0 amide bonds. The van der Waals surface area contributed by atoms with E-state index in [-0.39, 0.29) is 5.28 Å². The zero-order valence-corrected chi connectivity index (χ0v) is 9.36. The molecule has 15 heavy (non-hydrogen) atoms. The highest BCUT2D eigenvalue weighted by Gasteiger charge is 2.20. The summed E-state index contributed by atoms with van der Waals surface area (Å²) in [7, 11) is 1.70. The maximum absolute atomic E-state index is 9.78. The minimum Gasteiger partial charge on any atom is -0.389 e. The molecule has 0 saturated heterocycles. The molecular weight excluding hydrogens is 218 g/mol. The third kappa shape index (κ3) is 3.10. The molecule has 2 atom stereocenters. The molecule has 6 heteroatoms. The van der Waals surface area contributed by atoms with Crippen LogP contribution in [0.5, 0.6) is 0 Å². The van der Waals surface area contributed by atoms with E-state index in [1.807, 2.05) is 0 Å². The predicted molar refractivity (Wildman–Crippen MR) is 56.7 cm³/mol. The van der Waals surface area contributed by atoms with E-state index in [0.717, 1.165) is 0 Å². The number of aromatic nitrogens is 2. The number of nitrogens with one attached hydrogen (secondary N) is 1. The van der Waals surface area contributed by atoms with E-state index in [1.54, 1.807) is 14.0 Å². The largest absolute Gasteiger partial charge is 0.389 e. The van der Waals surface area contributed by atoms with E-state index in [4.69, 9.17) is 11.6 Å². The fourth-order valence-electron chi connectivity index (χ4n) is 1.27. The number of halogens is 1. The van der Waals surface area contributed by atoms with Crippen LogP contribution in [0.25, 0.3) is 0 Å². The summed E-state index contributed by atoms with van der Waals surface area (Å²) in [5, 5.41) is 22.2. The molecule has 1 heterocycles. The molecule has 0 radical (unpaired) electrons. The summed E-state index contributed by atoms with van der Waals surface area (Å²) >= 11 is 5.58. The van der Waals surface area contributed by atoms with Gasteiger partial charge in [0, 0.05) is 24.0 Å². The standard InChI is InChI=1S/C9H14ClN3O2/c1-5-6(3-12-9(10)13-5)8(15)7(14)4-11-2/h3,7-8,11,14-15H,4H2,1-2H3. The second kappa shape index (κ2) is 5.37. The van der Waals surface area contributed by atoms with Gasteiger partial charge in [0.2, 0.25) is 5.28 Å². The smallest absolute Gasteiger partial charge is 0.222 e. The van der Waals surface area contributed by atoms with Crippen LogP contribution in [-0.4, -0.2) is 39.9 Å². The third-order valence-electron chi connectivity index (χ3n) is 2.08. The van der Waals surface area contributed by atoms with Crippen LogP contribution in [0.15, 0.2) is 6.20 Å². The second-order valence-corrected chi connectivity index (χ2v) is 3.59. The van der Waals surface area contributed by atoms with Gasteiger partial charge in [0.15, 0.2) is 0 Å². The molecule has 0 aromatic carbocycles. The zero-order chi connectivity index (χ0) is 11.4. The first-order valence-corrected chi connectivity index (χ1v) is 4.93. The minimum absolute atomic E-state index is 0.131. The van der Waals surface area contributed by atoms with Crippen molar-refractivity contribution in [2.75, 3.05) is 13.6 Å². The SMILES string of the molecule is CNCC(O)C(O)c1cnc(Cl)nc1C. The van der Waals surface area contributed by atoms with Gasteiger partial charge in [-0.15, -0.1) is 0 Å². The number of hydrogen-bond donors (Lipinski definition) is 3. The summed E-state index contributed by atoms with van der Waals surface area (Å²) in [5.74, 6) is 0. The van der Waals surface area contributed by atoms with Gasteiger partial charge in [-0.2, -0.15) is 0 Å². The summed E-state index contributed by atoms with van der Waals surface area (Å²) in [5.41, 5.74) is 1.06. The average Bonchev–Trinajstić information content (AvgIpc) is 2.17. The van der Waals surface area contributed by atoms with Crippen molar-refractivity contribution in [2.45, 2.75) is 19.1 Å². The number of hydrogen-bond acceptors (Lipinski definition) is 5. The molecule has 0 spiro atoms. The normalized spacial score (nSPS) is 15.0. The molecular formula is C9H14ClN3O2. The van der Waals surface area contributed by atoms with Gasteiger partial charge < -0.3 is 15.5 Å². The van der Waals surface area contributed by atoms with Crippen LogP contribution in [0, 0.1) is 6.92 Å². The van der Waals surface area contributed by atoms with Crippen LogP contribution in [0.3, 0.4) is 0 Å². The summed E-state index contributed by atoms with van der Waals surface area (Å²) in [4.78, 5) is 7.67. The Hall–Kier alpha value is -0.750. The molecule has 5 nitrogen and oxygen atoms in total. The van der Waals surface area contributed by atoms with Crippen molar-refractivity contribution in [3.63, 3.8) is 0 Å². The number of aliphatic hydroxyl groups excluding tert-OH is 2. The Kier molecular flexibility index (Phi) is 4.41. The second-order valence-electron chi connectivity index (χ2n) is 3.25. The molecule has 0 bridgehead atoms. The Morgan fingerprint density at radius 3 is 2.73 bits per heavy atom. The van der Waals surface area contributed by atoms with Crippen LogP contribution < -0.4 is 5.32 Å². The maximum atomic E-state index is 9.78. The highest BCUT2D eigenvalue weighted by Crippen LogP contribution is 2.19. The van der Waals surface area contributed by atoms with E-state index < -0.39 is 12.2 Å². The van der Waals surface area contributed by atoms with Crippen LogP contribution in [-0.2, 0) is 0 Å². The molecule has 1 aromatic heterocycles. The highest BCUT2D eigenvalue weighted by molar-refractivity contribution is 6.28. The number of aryl methyl sites for hydroxylation is 1. The third-order valence-corrected chi connectivity index (χ3v) is 2.27. The van der Waals surface area contributed by atoms with Gasteiger partial charge in [0.25, 0.3) is 0 Å². The lowest BCUT2D eigenvalue weighted by Gasteiger charge is -2.18. The lowest BCUT2D eigenvalue weighted by molar-refractivity contribution is 0.0194. The van der Waals surface area contributed by atoms with E-state index in [9.17, 15) is 10.2 Å². The van der Waals surface area contributed by atoms with Crippen molar-refractivity contribution in [3.8, 4) is 0 Å². The Balaban J connectivity index is 2.86. The molecule has 0 aliphatic heterocycles. The van der Waals surface area contributed by atoms with Crippen molar-refractivity contribution >= 4 is 11.6 Å². The zero-order valence-electron chi connectivity index (χ0n) is 8.61. The number of nitrogens with zero attached hydrogens (tertiary/aromatic N) is 2. The number of rotatable bonds is 4. The molecule has 0 aliphatic rings. The fraction of sp³-hybridized carbons (Fsp3) is 0.556. The monoisotopic (exact) mass is 231 g/mol. The molecule has 0 fully saturated rings. The van der Waals surface area contributed by atoms with Gasteiger partial charge in [-0.25, -0.2) is 9.97 Å². The Labute approximate surface area is 93.1 Å². The first-order valence-electron chi connectivity index (χ1n) is 4.56. The van der Waals surface area contributed by atoms with Crippen LogP contribution in [0.4, 0.5) is 0 Å². The Bertz CT molecular complexity index is 335. The Morgan fingerprint density at radius 1 is 1.53 bits per heavy atom. The molecule has 2 unspecified atom stereocenters. The van der Waals surface area contributed by atoms with Gasteiger partial charge in [0.05, 0.1) is 6.10 Å². The van der Waals surface area contributed by atoms with Crippen molar-refractivity contribution < 1.29 is 10.2 Å². The van der Waals surface area contributed by atoms with Gasteiger partial charge in [-0.05, 0) is 25.6 Å². The van der Waals surface area contributed by atoms with Crippen LogP contribution in [0.2, 0.25) is 5.28 Å². The predicted octanol–water partition coefficient (Wildman–Crippen LogP) is 0.0521. The first kappa shape index (κ1) is 12.3.